The molecule has 1 unspecified atom stereocenters. The van der Waals surface area contributed by atoms with E-state index < -0.39 is 0 Å². The molecule has 1 aliphatic rings. The van der Waals surface area contributed by atoms with Crippen molar-refractivity contribution in [3.05, 3.63) is 30.3 Å². The molecule has 3 nitrogen and oxygen atoms in total. The molecule has 16 heavy (non-hydrogen) atoms. The molecular weight excluding hydrogens is 202 g/mol. The highest BCUT2D eigenvalue weighted by atomic mass is 16.5. The normalized spacial score (nSPS) is 24.0. The van der Waals surface area contributed by atoms with E-state index in [9.17, 15) is 0 Å². The van der Waals surface area contributed by atoms with Gasteiger partial charge in [0.1, 0.15) is 18.5 Å². The van der Waals surface area contributed by atoms with Crippen LogP contribution in [0.4, 0.5) is 0 Å². The van der Waals surface area contributed by atoms with Crippen molar-refractivity contribution in [3.63, 3.8) is 0 Å². The maximum Gasteiger partial charge on any atom is 0.119 e. The number of hydrogen-bond donors (Lipinski definition) is 1. The first-order valence-electron chi connectivity index (χ1n) is 5.72. The highest BCUT2D eigenvalue weighted by Crippen LogP contribution is 2.16. The van der Waals surface area contributed by atoms with E-state index in [2.05, 4.69) is 19.2 Å². The van der Waals surface area contributed by atoms with E-state index in [-0.39, 0.29) is 11.7 Å². The molecular formula is C13H19NO2. The third-order valence-electron chi connectivity index (χ3n) is 2.59. The van der Waals surface area contributed by atoms with Crippen LogP contribution in [0.1, 0.15) is 13.8 Å². The fraction of sp³-hybridized carbons (Fsp3) is 0.538. The summed E-state index contributed by atoms with van der Waals surface area (Å²) in [5.74, 6) is 0.898. The summed E-state index contributed by atoms with van der Waals surface area (Å²) >= 11 is 0. The van der Waals surface area contributed by atoms with Crippen LogP contribution in [0.5, 0.6) is 5.75 Å². The van der Waals surface area contributed by atoms with Gasteiger partial charge in [0.2, 0.25) is 0 Å². The lowest BCUT2D eigenvalue weighted by molar-refractivity contribution is -0.107. The van der Waals surface area contributed by atoms with Crippen LogP contribution < -0.4 is 10.1 Å². The number of morpholine rings is 1. The SMILES string of the molecule is CC1(C)CNCC(COc2ccccc2)O1. The van der Waals surface area contributed by atoms with Gasteiger partial charge in [-0.25, -0.2) is 0 Å². The minimum absolute atomic E-state index is 0.0943. The summed E-state index contributed by atoms with van der Waals surface area (Å²) in [5.41, 5.74) is -0.0943. The zero-order valence-electron chi connectivity index (χ0n) is 9.90. The molecule has 0 aromatic heterocycles. The Labute approximate surface area is 96.8 Å². The number of nitrogens with one attached hydrogen (secondary N) is 1. The highest BCUT2D eigenvalue weighted by molar-refractivity contribution is 5.20. The Morgan fingerprint density at radius 1 is 1.38 bits per heavy atom. The molecule has 1 fully saturated rings. The average Bonchev–Trinajstić information content (AvgIpc) is 2.27. The topological polar surface area (TPSA) is 30.5 Å². The Hall–Kier alpha value is -1.06. The Bertz CT molecular complexity index is 324. The molecule has 1 saturated heterocycles. The van der Waals surface area contributed by atoms with Crippen molar-refractivity contribution < 1.29 is 9.47 Å². The van der Waals surface area contributed by atoms with Crippen LogP contribution in [0.25, 0.3) is 0 Å². The Balaban J connectivity index is 1.82. The van der Waals surface area contributed by atoms with Crippen molar-refractivity contribution in [1.82, 2.24) is 5.32 Å². The third kappa shape index (κ3) is 3.22. The molecule has 0 bridgehead atoms. The monoisotopic (exact) mass is 221 g/mol. The maximum absolute atomic E-state index is 5.91. The van der Waals surface area contributed by atoms with Gasteiger partial charge in [-0.1, -0.05) is 18.2 Å². The molecule has 1 aliphatic heterocycles. The molecule has 1 aromatic rings. The maximum atomic E-state index is 5.91. The molecule has 0 saturated carbocycles. The first-order valence-corrected chi connectivity index (χ1v) is 5.72. The Morgan fingerprint density at radius 3 is 2.81 bits per heavy atom. The van der Waals surface area contributed by atoms with Crippen molar-refractivity contribution in [1.29, 1.82) is 0 Å². The van der Waals surface area contributed by atoms with Crippen molar-refractivity contribution in [3.8, 4) is 5.75 Å². The Kier molecular flexibility index (Phi) is 3.46. The quantitative estimate of drug-likeness (QED) is 0.844. The summed E-state index contributed by atoms with van der Waals surface area (Å²) in [6, 6.07) is 9.84. The van der Waals surface area contributed by atoms with Crippen LogP contribution in [-0.4, -0.2) is 31.4 Å². The zero-order valence-corrected chi connectivity index (χ0v) is 9.90. The second-order valence-electron chi connectivity index (χ2n) is 4.75. The molecule has 0 spiro atoms. The smallest absolute Gasteiger partial charge is 0.119 e. The number of para-hydroxylation sites is 1. The van der Waals surface area contributed by atoms with Gasteiger partial charge >= 0.3 is 0 Å². The van der Waals surface area contributed by atoms with E-state index in [1.54, 1.807) is 0 Å². The summed E-state index contributed by atoms with van der Waals surface area (Å²) in [7, 11) is 0. The fourth-order valence-electron chi connectivity index (χ4n) is 1.87. The summed E-state index contributed by atoms with van der Waals surface area (Å²) in [6.07, 6.45) is 0.129. The van der Waals surface area contributed by atoms with E-state index in [0.717, 1.165) is 18.8 Å². The van der Waals surface area contributed by atoms with Crippen molar-refractivity contribution in [2.24, 2.45) is 0 Å². The van der Waals surface area contributed by atoms with Crippen LogP contribution >= 0.6 is 0 Å². The van der Waals surface area contributed by atoms with Gasteiger partial charge in [-0.3, -0.25) is 0 Å². The number of hydrogen-bond acceptors (Lipinski definition) is 3. The van der Waals surface area contributed by atoms with E-state index >= 15 is 0 Å². The average molecular weight is 221 g/mol. The van der Waals surface area contributed by atoms with Crippen LogP contribution in [0.15, 0.2) is 30.3 Å². The molecule has 1 atom stereocenters. The lowest BCUT2D eigenvalue weighted by Crippen LogP contribution is -2.52. The van der Waals surface area contributed by atoms with E-state index in [4.69, 9.17) is 9.47 Å². The molecule has 1 aromatic carbocycles. The molecule has 88 valence electrons. The largest absolute Gasteiger partial charge is 0.491 e. The molecule has 0 aliphatic carbocycles. The first-order chi connectivity index (χ1) is 7.66. The van der Waals surface area contributed by atoms with Gasteiger partial charge in [0, 0.05) is 13.1 Å². The van der Waals surface area contributed by atoms with Gasteiger partial charge in [0.25, 0.3) is 0 Å². The lowest BCUT2D eigenvalue weighted by atomic mass is 10.1. The van der Waals surface area contributed by atoms with E-state index in [1.165, 1.54) is 0 Å². The van der Waals surface area contributed by atoms with Crippen LogP contribution in [-0.2, 0) is 4.74 Å². The second-order valence-corrected chi connectivity index (χ2v) is 4.75. The molecule has 3 heteroatoms. The Morgan fingerprint density at radius 2 is 2.12 bits per heavy atom. The molecule has 2 rings (SSSR count). The van der Waals surface area contributed by atoms with Crippen molar-refractivity contribution in [2.45, 2.75) is 25.6 Å². The highest BCUT2D eigenvalue weighted by Gasteiger charge is 2.28. The number of benzene rings is 1. The standard InChI is InChI=1S/C13H19NO2/c1-13(2)10-14-8-12(16-13)9-15-11-6-4-3-5-7-11/h3-7,12,14H,8-10H2,1-2H3. The van der Waals surface area contributed by atoms with Gasteiger partial charge in [-0.05, 0) is 26.0 Å². The molecule has 1 heterocycles. The van der Waals surface area contributed by atoms with E-state index in [0.29, 0.717) is 6.61 Å². The molecule has 0 amide bonds. The van der Waals surface area contributed by atoms with Gasteiger partial charge in [0.15, 0.2) is 0 Å². The summed E-state index contributed by atoms with van der Waals surface area (Å²) in [6.45, 7) is 6.54. The zero-order chi connectivity index (χ0) is 11.4. The number of rotatable bonds is 3. The fourth-order valence-corrected chi connectivity index (χ4v) is 1.87. The summed E-state index contributed by atoms with van der Waals surface area (Å²) in [4.78, 5) is 0. The van der Waals surface area contributed by atoms with Crippen LogP contribution in [0.2, 0.25) is 0 Å². The van der Waals surface area contributed by atoms with Crippen LogP contribution in [0.3, 0.4) is 0 Å². The predicted octanol–water partition coefficient (Wildman–Crippen LogP) is 1.83. The first kappa shape index (κ1) is 11.4. The molecule has 0 radical (unpaired) electrons. The van der Waals surface area contributed by atoms with Gasteiger partial charge in [-0.2, -0.15) is 0 Å². The second kappa shape index (κ2) is 4.85. The van der Waals surface area contributed by atoms with Gasteiger partial charge in [0.05, 0.1) is 5.60 Å². The van der Waals surface area contributed by atoms with Crippen molar-refractivity contribution in [2.75, 3.05) is 19.7 Å². The van der Waals surface area contributed by atoms with Gasteiger partial charge < -0.3 is 14.8 Å². The van der Waals surface area contributed by atoms with Crippen molar-refractivity contribution >= 4 is 0 Å². The lowest BCUT2D eigenvalue weighted by Gasteiger charge is -2.36. The predicted molar refractivity (Wildman–Crippen MR) is 63.8 cm³/mol. The van der Waals surface area contributed by atoms with E-state index in [1.807, 2.05) is 30.3 Å². The summed E-state index contributed by atoms with van der Waals surface area (Å²) < 4.78 is 11.6. The summed E-state index contributed by atoms with van der Waals surface area (Å²) in [5, 5.41) is 3.36. The minimum Gasteiger partial charge on any atom is -0.491 e. The van der Waals surface area contributed by atoms with Gasteiger partial charge in [-0.15, -0.1) is 0 Å². The minimum atomic E-state index is -0.0943. The van der Waals surface area contributed by atoms with Crippen LogP contribution in [0, 0.1) is 0 Å². The number of ether oxygens (including phenoxy) is 2. The molecule has 1 N–H and O–H groups in total. The third-order valence-corrected chi connectivity index (χ3v) is 2.59.